The second-order valence-corrected chi connectivity index (χ2v) is 5.64. The van der Waals surface area contributed by atoms with E-state index in [1.165, 1.54) is 12.1 Å². The van der Waals surface area contributed by atoms with Crippen LogP contribution < -0.4 is 10.7 Å². The molecule has 0 spiro atoms. The molecule has 24 heavy (non-hydrogen) atoms. The summed E-state index contributed by atoms with van der Waals surface area (Å²) in [6.07, 6.45) is 0.603. The SMILES string of the molecule is CC/C(=N\NC(=O)C(=O)Nc1cc(Cl)ccc1Cl)c1ccccc1. The Morgan fingerprint density at radius 1 is 1.04 bits per heavy atom. The van der Waals surface area contributed by atoms with Gasteiger partial charge in [-0.05, 0) is 30.2 Å². The van der Waals surface area contributed by atoms with E-state index < -0.39 is 11.8 Å². The van der Waals surface area contributed by atoms with Crippen molar-refractivity contribution >= 4 is 46.4 Å². The van der Waals surface area contributed by atoms with Crippen LogP contribution in [0.25, 0.3) is 0 Å². The number of amides is 2. The maximum Gasteiger partial charge on any atom is 0.329 e. The lowest BCUT2D eigenvalue weighted by atomic mass is 10.1. The molecule has 0 saturated carbocycles. The van der Waals surface area contributed by atoms with Gasteiger partial charge in [0.15, 0.2) is 0 Å². The summed E-state index contributed by atoms with van der Waals surface area (Å²) in [5.74, 6) is -1.78. The van der Waals surface area contributed by atoms with Crippen molar-refractivity contribution < 1.29 is 9.59 Å². The fourth-order valence-corrected chi connectivity index (χ4v) is 2.26. The Morgan fingerprint density at radius 2 is 1.75 bits per heavy atom. The fraction of sp³-hybridized carbons (Fsp3) is 0.118. The van der Waals surface area contributed by atoms with Crippen LogP contribution in [0.15, 0.2) is 53.6 Å². The Bertz CT molecular complexity index is 777. The predicted octanol–water partition coefficient (Wildman–Crippen LogP) is 3.86. The lowest BCUT2D eigenvalue weighted by molar-refractivity contribution is -0.136. The Labute approximate surface area is 149 Å². The van der Waals surface area contributed by atoms with Gasteiger partial charge in [0, 0.05) is 5.02 Å². The van der Waals surface area contributed by atoms with Crippen molar-refractivity contribution in [2.75, 3.05) is 5.32 Å². The summed E-state index contributed by atoms with van der Waals surface area (Å²) in [5, 5.41) is 7.08. The van der Waals surface area contributed by atoms with Crippen molar-refractivity contribution in [1.29, 1.82) is 0 Å². The van der Waals surface area contributed by atoms with Gasteiger partial charge in [0.25, 0.3) is 0 Å². The minimum absolute atomic E-state index is 0.257. The maximum atomic E-state index is 11.9. The summed E-state index contributed by atoms with van der Waals surface area (Å²) in [6.45, 7) is 1.91. The molecular formula is C17H15Cl2N3O2. The van der Waals surface area contributed by atoms with Crippen molar-refractivity contribution in [3.63, 3.8) is 0 Å². The lowest BCUT2D eigenvalue weighted by Crippen LogP contribution is -2.33. The highest BCUT2D eigenvalue weighted by atomic mass is 35.5. The zero-order valence-electron chi connectivity index (χ0n) is 12.8. The van der Waals surface area contributed by atoms with Crippen LogP contribution in [0.3, 0.4) is 0 Å². The van der Waals surface area contributed by atoms with E-state index in [-0.39, 0.29) is 10.7 Å². The molecule has 0 radical (unpaired) electrons. The Balaban J connectivity index is 2.04. The first-order chi connectivity index (χ1) is 11.5. The summed E-state index contributed by atoms with van der Waals surface area (Å²) < 4.78 is 0. The summed E-state index contributed by atoms with van der Waals surface area (Å²) in [5.41, 5.74) is 4.04. The number of hydrazone groups is 1. The third-order valence-electron chi connectivity index (χ3n) is 3.12. The van der Waals surface area contributed by atoms with Crippen LogP contribution in [-0.2, 0) is 9.59 Å². The first kappa shape index (κ1) is 18.0. The number of carbonyl (C=O) groups is 2. The van der Waals surface area contributed by atoms with Crippen molar-refractivity contribution in [3.8, 4) is 0 Å². The smallest absolute Gasteiger partial charge is 0.316 e. The Hall–Kier alpha value is -2.37. The molecular weight excluding hydrogens is 349 g/mol. The Kier molecular flexibility index (Phi) is 6.35. The van der Waals surface area contributed by atoms with Crippen molar-refractivity contribution in [1.82, 2.24) is 5.43 Å². The van der Waals surface area contributed by atoms with E-state index in [1.807, 2.05) is 37.3 Å². The molecule has 5 nitrogen and oxygen atoms in total. The highest BCUT2D eigenvalue weighted by Gasteiger charge is 2.15. The van der Waals surface area contributed by atoms with E-state index in [2.05, 4.69) is 15.8 Å². The molecule has 0 fully saturated rings. The van der Waals surface area contributed by atoms with Gasteiger partial charge in [-0.2, -0.15) is 5.10 Å². The van der Waals surface area contributed by atoms with E-state index in [4.69, 9.17) is 23.2 Å². The molecule has 0 saturated heterocycles. The summed E-state index contributed by atoms with van der Waals surface area (Å²) in [4.78, 5) is 23.8. The molecule has 0 aliphatic rings. The quantitative estimate of drug-likeness (QED) is 0.491. The predicted molar refractivity (Wildman–Crippen MR) is 96.5 cm³/mol. The summed E-state index contributed by atoms with van der Waals surface area (Å²) in [7, 11) is 0. The molecule has 124 valence electrons. The molecule has 0 aromatic heterocycles. The number of carbonyl (C=O) groups excluding carboxylic acids is 2. The van der Waals surface area contributed by atoms with E-state index in [1.54, 1.807) is 6.07 Å². The van der Waals surface area contributed by atoms with Gasteiger partial charge in [-0.3, -0.25) is 9.59 Å². The molecule has 2 N–H and O–H groups in total. The van der Waals surface area contributed by atoms with Crippen LogP contribution >= 0.6 is 23.2 Å². The van der Waals surface area contributed by atoms with Crippen molar-refractivity contribution in [2.45, 2.75) is 13.3 Å². The van der Waals surface area contributed by atoms with Gasteiger partial charge in [-0.1, -0.05) is 60.5 Å². The summed E-state index contributed by atoms with van der Waals surface area (Å²) >= 11 is 11.8. The second kappa shape index (κ2) is 8.47. The van der Waals surface area contributed by atoms with Crippen LogP contribution in [0, 0.1) is 0 Å². The third kappa shape index (κ3) is 4.81. The number of halogens is 2. The topological polar surface area (TPSA) is 70.6 Å². The normalized spacial score (nSPS) is 11.0. The highest BCUT2D eigenvalue weighted by Crippen LogP contribution is 2.25. The first-order valence-corrected chi connectivity index (χ1v) is 7.95. The van der Waals surface area contributed by atoms with Gasteiger partial charge in [-0.15, -0.1) is 0 Å². The number of hydrogen-bond acceptors (Lipinski definition) is 3. The highest BCUT2D eigenvalue weighted by molar-refractivity contribution is 6.42. The Morgan fingerprint density at radius 3 is 2.42 bits per heavy atom. The molecule has 2 aromatic carbocycles. The van der Waals surface area contributed by atoms with E-state index in [9.17, 15) is 9.59 Å². The zero-order valence-corrected chi connectivity index (χ0v) is 14.4. The van der Waals surface area contributed by atoms with E-state index in [0.717, 1.165) is 5.56 Å². The van der Waals surface area contributed by atoms with Crippen molar-refractivity contribution in [2.24, 2.45) is 5.10 Å². The lowest BCUT2D eigenvalue weighted by Gasteiger charge is -2.07. The largest absolute Gasteiger partial charge is 0.329 e. The monoisotopic (exact) mass is 363 g/mol. The minimum atomic E-state index is -0.895. The van der Waals surface area contributed by atoms with E-state index in [0.29, 0.717) is 17.2 Å². The van der Waals surface area contributed by atoms with Crippen LogP contribution in [0.5, 0.6) is 0 Å². The minimum Gasteiger partial charge on any atom is -0.316 e. The van der Waals surface area contributed by atoms with Crippen LogP contribution in [0.1, 0.15) is 18.9 Å². The molecule has 2 rings (SSSR count). The zero-order chi connectivity index (χ0) is 17.5. The molecule has 0 bridgehead atoms. The van der Waals surface area contributed by atoms with Gasteiger partial charge >= 0.3 is 11.8 Å². The molecule has 0 aliphatic heterocycles. The number of anilines is 1. The maximum absolute atomic E-state index is 11.9. The first-order valence-electron chi connectivity index (χ1n) is 7.19. The van der Waals surface area contributed by atoms with Crippen LogP contribution in [0.4, 0.5) is 5.69 Å². The number of nitrogens with one attached hydrogen (secondary N) is 2. The average Bonchev–Trinajstić information content (AvgIpc) is 2.59. The van der Waals surface area contributed by atoms with Crippen molar-refractivity contribution in [3.05, 3.63) is 64.1 Å². The number of hydrogen-bond donors (Lipinski definition) is 2. The molecule has 0 heterocycles. The van der Waals surface area contributed by atoms with Gasteiger partial charge in [0.1, 0.15) is 0 Å². The molecule has 0 atom stereocenters. The molecule has 2 aromatic rings. The number of benzene rings is 2. The molecule has 2 amide bonds. The fourth-order valence-electron chi connectivity index (χ4n) is 1.92. The average molecular weight is 364 g/mol. The number of nitrogens with zero attached hydrogens (tertiary/aromatic N) is 1. The standard InChI is InChI=1S/C17H15Cl2N3O2/c1-2-14(11-6-4-3-5-7-11)21-22-17(24)16(23)20-15-10-12(18)8-9-13(15)19/h3-10H,2H2,1H3,(H,20,23)(H,22,24)/b21-14+. The van der Waals surface area contributed by atoms with Gasteiger partial charge < -0.3 is 5.32 Å². The third-order valence-corrected chi connectivity index (χ3v) is 3.68. The van der Waals surface area contributed by atoms with Gasteiger partial charge in [0.2, 0.25) is 0 Å². The molecule has 0 aliphatic carbocycles. The van der Waals surface area contributed by atoms with Gasteiger partial charge in [-0.25, -0.2) is 5.43 Å². The van der Waals surface area contributed by atoms with Gasteiger partial charge in [0.05, 0.1) is 16.4 Å². The second-order valence-electron chi connectivity index (χ2n) is 4.80. The molecule has 0 unspecified atom stereocenters. The van der Waals surface area contributed by atoms with E-state index >= 15 is 0 Å². The number of rotatable bonds is 4. The van der Waals surface area contributed by atoms with Crippen LogP contribution in [0.2, 0.25) is 10.0 Å². The van der Waals surface area contributed by atoms with Crippen LogP contribution in [-0.4, -0.2) is 17.5 Å². The molecule has 7 heteroatoms. The summed E-state index contributed by atoms with van der Waals surface area (Å²) in [6, 6.07) is 13.9.